The second kappa shape index (κ2) is 4.93. The molecule has 0 spiro atoms. The zero-order valence-electron chi connectivity index (χ0n) is 8.97. The van der Waals surface area contributed by atoms with Crippen LogP contribution < -0.4 is 5.32 Å². The molecule has 2 aromatic rings. The number of hydrogen-bond donors (Lipinski definition) is 1. The topological polar surface area (TPSA) is 76.7 Å². The minimum atomic E-state index is 0.485. The average Bonchev–Trinajstić information content (AvgIpc) is 2.65. The summed E-state index contributed by atoms with van der Waals surface area (Å²) in [5, 5.41) is 12.0. The van der Waals surface area contributed by atoms with E-state index in [0.29, 0.717) is 11.1 Å². The lowest BCUT2D eigenvalue weighted by Crippen LogP contribution is -1.99. The van der Waals surface area contributed by atoms with E-state index in [1.54, 1.807) is 6.92 Å². The van der Waals surface area contributed by atoms with Gasteiger partial charge in [0.1, 0.15) is 17.2 Å². The van der Waals surface area contributed by atoms with Crippen molar-refractivity contribution in [3.8, 4) is 0 Å². The molecule has 0 aliphatic rings. The van der Waals surface area contributed by atoms with Crippen molar-refractivity contribution in [1.29, 1.82) is 0 Å². The van der Waals surface area contributed by atoms with Gasteiger partial charge in [0.15, 0.2) is 0 Å². The first kappa shape index (κ1) is 10.9. The highest BCUT2D eigenvalue weighted by atomic mass is 32.2. The Labute approximate surface area is 96.9 Å². The van der Waals surface area contributed by atoms with E-state index in [-0.39, 0.29) is 0 Å². The molecule has 0 unspecified atom stereocenters. The lowest BCUT2D eigenvalue weighted by molar-refractivity contribution is 0.429. The predicted octanol–water partition coefficient (Wildman–Crippen LogP) is 1.75. The van der Waals surface area contributed by atoms with E-state index in [2.05, 4.69) is 25.5 Å². The molecule has 0 amide bonds. The van der Waals surface area contributed by atoms with Crippen molar-refractivity contribution >= 4 is 17.6 Å². The van der Waals surface area contributed by atoms with Gasteiger partial charge in [0.05, 0.1) is 0 Å². The van der Waals surface area contributed by atoms with Crippen molar-refractivity contribution in [3.63, 3.8) is 0 Å². The third-order valence-electron chi connectivity index (χ3n) is 1.70. The summed E-state index contributed by atoms with van der Waals surface area (Å²) in [5.74, 6) is 1.33. The zero-order valence-corrected chi connectivity index (χ0v) is 9.78. The van der Waals surface area contributed by atoms with Crippen LogP contribution in [-0.2, 0) is 0 Å². The standard InChI is InChI=1S/C9H11N5OS/c1-3-10-7-4-8(12-5-11-7)16-9-14-13-6(2)15-9/h4-5H,3H2,1-2H3,(H,10,11,12). The monoisotopic (exact) mass is 237 g/mol. The molecule has 0 radical (unpaired) electrons. The number of rotatable bonds is 4. The summed E-state index contributed by atoms with van der Waals surface area (Å²) in [6.45, 7) is 4.58. The molecule has 6 nitrogen and oxygen atoms in total. The lowest BCUT2D eigenvalue weighted by atomic mass is 10.5. The Bertz CT molecular complexity index is 472. The maximum Gasteiger partial charge on any atom is 0.282 e. The number of hydrogen-bond acceptors (Lipinski definition) is 7. The molecule has 1 N–H and O–H groups in total. The third kappa shape index (κ3) is 2.69. The van der Waals surface area contributed by atoms with Gasteiger partial charge < -0.3 is 9.73 Å². The Morgan fingerprint density at radius 3 is 2.94 bits per heavy atom. The first-order valence-electron chi connectivity index (χ1n) is 4.82. The summed E-state index contributed by atoms with van der Waals surface area (Å²) < 4.78 is 5.25. The van der Waals surface area contributed by atoms with Crippen molar-refractivity contribution < 1.29 is 4.42 Å². The SMILES string of the molecule is CCNc1cc(Sc2nnc(C)o2)ncn1. The fourth-order valence-electron chi connectivity index (χ4n) is 1.08. The van der Waals surface area contributed by atoms with Gasteiger partial charge in [-0.1, -0.05) is 0 Å². The van der Waals surface area contributed by atoms with Crippen LogP contribution >= 0.6 is 11.8 Å². The van der Waals surface area contributed by atoms with Crippen molar-refractivity contribution in [2.45, 2.75) is 24.1 Å². The van der Waals surface area contributed by atoms with Gasteiger partial charge in [-0.05, 0) is 18.7 Å². The number of nitrogens with zero attached hydrogens (tertiary/aromatic N) is 4. The molecule has 7 heteroatoms. The Kier molecular flexibility index (Phi) is 3.35. The Morgan fingerprint density at radius 1 is 1.38 bits per heavy atom. The fourth-order valence-corrected chi connectivity index (χ4v) is 1.78. The van der Waals surface area contributed by atoms with E-state index in [1.165, 1.54) is 18.1 Å². The highest BCUT2D eigenvalue weighted by Gasteiger charge is 2.06. The van der Waals surface area contributed by atoms with Gasteiger partial charge in [-0.25, -0.2) is 9.97 Å². The molecule has 2 rings (SSSR count). The molecule has 0 fully saturated rings. The minimum Gasteiger partial charge on any atom is -0.416 e. The molecular weight excluding hydrogens is 226 g/mol. The zero-order chi connectivity index (χ0) is 11.4. The highest BCUT2D eigenvalue weighted by Crippen LogP contribution is 2.25. The van der Waals surface area contributed by atoms with Gasteiger partial charge in [-0.15, -0.1) is 10.2 Å². The van der Waals surface area contributed by atoms with Crippen LogP contribution in [0.15, 0.2) is 27.1 Å². The minimum absolute atomic E-state index is 0.485. The molecule has 2 heterocycles. The molecule has 0 aliphatic heterocycles. The predicted molar refractivity (Wildman–Crippen MR) is 59.4 cm³/mol. The second-order valence-corrected chi connectivity index (χ2v) is 3.93. The van der Waals surface area contributed by atoms with Crippen LogP contribution in [0.2, 0.25) is 0 Å². The summed E-state index contributed by atoms with van der Waals surface area (Å²) in [6.07, 6.45) is 1.50. The number of anilines is 1. The molecule has 16 heavy (non-hydrogen) atoms. The molecular formula is C9H11N5OS. The van der Waals surface area contributed by atoms with E-state index in [4.69, 9.17) is 4.42 Å². The van der Waals surface area contributed by atoms with Gasteiger partial charge in [-0.3, -0.25) is 0 Å². The van der Waals surface area contributed by atoms with Crippen LogP contribution in [0.1, 0.15) is 12.8 Å². The van der Waals surface area contributed by atoms with Crippen LogP contribution in [0.4, 0.5) is 5.82 Å². The number of aromatic nitrogens is 4. The third-order valence-corrected chi connectivity index (χ3v) is 2.47. The van der Waals surface area contributed by atoms with Crippen molar-refractivity contribution in [2.24, 2.45) is 0 Å². The van der Waals surface area contributed by atoms with E-state index >= 15 is 0 Å². The summed E-state index contributed by atoms with van der Waals surface area (Å²) in [5.41, 5.74) is 0. The molecule has 0 aliphatic carbocycles. The van der Waals surface area contributed by atoms with E-state index < -0.39 is 0 Å². The van der Waals surface area contributed by atoms with E-state index in [1.807, 2.05) is 13.0 Å². The molecule has 0 bridgehead atoms. The summed E-state index contributed by atoms with van der Waals surface area (Å²) >= 11 is 1.32. The average molecular weight is 237 g/mol. The molecule has 0 saturated heterocycles. The molecule has 0 aromatic carbocycles. The van der Waals surface area contributed by atoms with Crippen LogP contribution in [0.3, 0.4) is 0 Å². The highest BCUT2D eigenvalue weighted by molar-refractivity contribution is 7.99. The van der Waals surface area contributed by atoms with Crippen LogP contribution in [-0.4, -0.2) is 26.7 Å². The Morgan fingerprint density at radius 2 is 2.25 bits per heavy atom. The summed E-state index contributed by atoms with van der Waals surface area (Å²) in [6, 6.07) is 1.84. The van der Waals surface area contributed by atoms with Gasteiger partial charge in [0.2, 0.25) is 5.89 Å². The van der Waals surface area contributed by atoms with Gasteiger partial charge in [0, 0.05) is 19.5 Å². The fraction of sp³-hybridized carbons (Fsp3) is 0.333. The largest absolute Gasteiger partial charge is 0.416 e. The Balaban J connectivity index is 2.12. The maximum atomic E-state index is 5.25. The summed E-state index contributed by atoms with van der Waals surface area (Å²) in [4.78, 5) is 8.18. The van der Waals surface area contributed by atoms with Crippen LogP contribution in [0, 0.1) is 6.92 Å². The first-order chi connectivity index (χ1) is 7.78. The maximum absolute atomic E-state index is 5.25. The molecule has 2 aromatic heterocycles. The normalized spacial score (nSPS) is 10.4. The smallest absolute Gasteiger partial charge is 0.282 e. The van der Waals surface area contributed by atoms with Gasteiger partial charge in [0.25, 0.3) is 5.22 Å². The quantitative estimate of drug-likeness (QED) is 0.811. The van der Waals surface area contributed by atoms with Crippen molar-refractivity contribution in [3.05, 3.63) is 18.3 Å². The first-order valence-corrected chi connectivity index (χ1v) is 5.63. The van der Waals surface area contributed by atoms with Crippen LogP contribution in [0.25, 0.3) is 0 Å². The van der Waals surface area contributed by atoms with Crippen molar-refractivity contribution in [1.82, 2.24) is 20.2 Å². The van der Waals surface area contributed by atoms with Crippen LogP contribution in [0.5, 0.6) is 0 Å². The lowest BCUT2D eigenvalue weighted by Gasteiger charge is -2.01. The molecule has 84 valence electrons. The van der Waals surface area contributed by atoms with Gasteiger partial charge in [-0.2, -0.15) is 0 Å². The number of nitrogens with one attached hydrogen (secondary N) is 1. The van der Waals surface area contributed by atoms with Crippen molar-refractivity contribution in [2.75, 3.05) is 11.9 Å². The molecule has 0 atom stereocenters. The Hall–Kier alpha value is -1.63. The summed E-state index contributed by atoms with van der Waals surface area (Å²) in [7, 11) is 0. The van der Waals surface area contributed by atoms with E-state index in [0.717, 1.165) is 17.4 Å². The second-order valence-electron chi connectivity index (χ2n) is 2.96. The molecule has 0 saturated carbocycles. The van der Waals surface area contributed by atoms with E-state index in [9.17, 15) is 0 Å². The number of aryl methyl sites for hydroxylation is 1. The van der Waals surface area contributed by atoms with Gasteiger partial charge >= 0.3 is 0 Å².